The van der Waals surface area contributed by atoms with E-state index in [1.165, 1.54) is 5.56 Å². The number of nitrogens with zero attached hydrogens (tertiary/aromatic N) is 1. The zero-order valence-electron chi connectivity index (χ0n) is 7.77. The Kier molecular flexibility index (Phi) is 2.85. The minimum absolute atomic E-state index is 0.0666. The first kappa shape index (κ1) is 9.69. The Morgan fingerprint density at radius 2 is 2.00 bits per heavy atom. The van der Waals surface area contributed by atoms with E-state index >= 15 is 0 Å². The molecule has 1 unspecified atom stereocenters. The molecule has 1 nitrogen and oxygen atoms in total. The number of rotatable bonds is 2. The summed E-state index contributed by atoms with van der Waals surface area (Å²) in [5, 5.41) is -0.0666. The van der Waals surface area contributed by atoms with Crippen LogP contribution in [-0.2, 0) is 0 Å². The van der Waals surface area contributed by atoms with Gasteiger partial charge in [-0.25, -0.2) is 0 Å². The molecule has 1 heterocycles. The highest BCUT2D eigenvalue weighted by atomic mass is 35.5. The Labute approximate surface area is 92.4 Å². The summed E-state index contributed by atoms with van der Waals surface area (Å²) in [5.74, 6) is 0. The fourth-order valence-electron chi connectivity index (χ4n) is 1.25. The lowest BCUT2D eigenvalue weighted by atomic mass is 10.1. The number of aryl methyl sites for hydroxylation is 1. The van der Waals surface area contributed by atoms with E-state index in [1.54, 1.807) is 16.8 Å². The second kappa shape index (κ2) is 4.11. The highest BCUT2D eigenvalue weighted by Gasteiger charge is 2.11. The molecule has 14 heavy (non-hydrogen) atoms. The molecule has 0 saturated carbocycles. The van der Waals surface area contributed by atoms with Crippen LogP contribution in [0.15, 0.2) is 36.0 Å². The van der Waals surface area contributed by atoms with Crippen molar-refractivity contribution in [3.05, 3.63) is 52.0 Å². The minimum Gasteiger partial charge on any atom is -0.253 e. The van der Waals surface area contributed by atoms with Gasteiger partial charge < -0.3 is 0 Å². The van der Waals surface area contributed by atoms with E-state index in [4.69, 9.17) is 11.6 Å². The summed E-state index contributed by atoms with van der Waals surface area (Å²) in [6, 6.07) is 8.27. The number of aromatic nitrogens is 1. The van der Waals surface area contributed by atoms with Gasteiger partial charge in [-0.2, -0.15) is 0 Å². The van der Waals surface area contributed by atoms with Gasteiger partial charge in [0.1, 0.15) is 0 Å². The molecule has 0 fully saturated rings. The molecule has 1 aromatic heterocycles. The lowest BCUT2D eigenvalue weighted by Crippen LogP contribution is -1.89. The van der Waals surface area contributed by atoms with E-state index in [0.29, 0.717) is 0 Å². The minimum atomic E-state index is -0.0666. The number of alkyl halides is 1. The van der Waals surface area contributed by atoms with Crippen molar-refractivity contribution < 1.29 is 0 Å². The van der Waals surface area contributed by atoms with Crippen LogP contribution in [0.25, 0.3) is 0 Å². The largest absolute Gasteiger partial charge is 0.253 e. The molecular weight excluding hydrogens is 214 g/mol. The number of hydrogen-bond acceptors (Lipinski definition) is 2. The summed E-state index contributed by atoms with van der Waals surface area (Å²) in [7, 11) is 0. The van der Waals surface area contributed by atoms with Gasteiger partial charge in [0.25, 0.3) is 0 Å². The lowest BCUT2D eigenvalue weighted by Gasteiger charge is -2.06. The quantitative estimate of drug-likeness (QED) is 0.707. The van der Waals surface area contributed by atoms with Gasteiger partial charge in [0.15, 0.2) is 0 Å². The van der Waals surface area contributed by atoms with E-state index < -0.39 is 0 Å². The zero-order chi connectivity index (χ0) is 9.97. The topological polar surface area (TPSA) is 12.9 Å². The third-order valence-corrected chi connectivity index (χ3v) is 3.53. The van der Waals surface area contributed by atoms with Gasteiger partial charge in [-0.1, -0.05) is 29.8 Å². The lowest BCUT2D eigenvalue weighted by molar-refractivity contribution is 1.16. The standard InChI is InChI=1S/C11H10ClNS/c1-8-2-4-9(5-3-8)11(12)10-6-13-7-14-10/h2-7,11H,1H3. The average Bonchev–Trinajstić information content (AvgIpc) is 2.71. The van der Waals surface area contributed by atoms with Crippen LogP contribution in [0.4, 0.5) is 0 Å². The first-order valence-corrected chi connectivity index (χ1v) is 5.68. The molecule has 3 heteroatoms. The number of benzene rings is 1. The van der Waals surface area contributed by atoms with Crippen molar-refractivity contribution in [3.8, 4) is 0 Å². The molecule has 1 atom stereocenters. The molecule has 1 aromatic carbocycles. The molecular formula is C11H10ClNS. The normalized spacial score (nSPS) is 12.7. The van der Waals surface area contributed by atoms with Gasteiger partial charge in [0.2, 0.25) is 0 Å². The predicted molar refractivity (Wildman–Crippen MR) is 61.0 cm³/mol. The number of halogens is 1. The Morgan fingerprint density at radius 1 is 1.29 bits per heavy atom. The molecule has 0 N–H and O–H groups in total. The van der Waals surface area contributed by atoms with E-state index in [0.717, 1.165) is 10.4 Å². The Bertz CT molecular complexity index is 394. The van der Waals surface area contributed by atoms with Crippen LogP contribution in [0, 0.1) is 6.92 Å². The van der Waals surface area contributed by atoms with Crippen molar-refractivity contribution in [1.29, 1.82) is 0 Å². The Balaban J connectivity index is 2.28. The molecule has 0 spiro atoms. The molecule has 72 valence electrons. The second-order valence-electron chi connectivity index (χ2n) is 3.18. The molecule has 0 bridgehead atoms. The summed E-state index contributed by atoms with van der Waals surface area (Å²) < 4.78 is 0. The third-order valence-electron chi connectivity index (χ3n) is 2.07. The van der Waals surface area contributed by atoms with Gasteiger partial charge in [-0.05, 0) is 12.5 Å². The van der Waals surface area contributed by atoms with Gasteiger partial charge in [0, 0.05) is 11.1 Å². The fraction of sp³-hybridized carbons (Fsp3) is 0.182. The van der Waals surface area contributed by atoms with Crippen LogP contribution in [0.5, 0.6) is 0 Å². The third kappa shape index (κ3) is 1.97. The highest BCUT2D eigenvalue weighted by Crippen LogP contribution is 2.30. The monoisotopic (exact) mass is 223 g/mol. The van der Waals surface area contributed by atoms with Crippen LogP contribution in [0.2, 0.25) is 0 Å². The summed E-state index contributed by atoms with van der Waals surface area (Å²) in [6.45, 7) is 2.07. The molecule has 0 aliphatic rings. The summed E-state index contributed by atoms with van der Waals surface area (Å²) in [6.07, 6.45) is 1.82. The molecule has 0 radical (unpaired) electrons. The second-order valence-corrected chi connectivity index (χ2v) is 4.53. The van der Waals surface area contributed by atoms with E-state index in [1.807, 2.05) is 6.20 Å². The van der Waals surface area contributed by atoms with Crippen molar-refractivity contribution in [2.24, 2.45) is 0 Å². The smallest absolute Gasteiger partial charge is 0.0943 e. The molecule has 0 amide bonds. The molecule has 2 aromatic rings. The van der Waals surface area contributed by atoms with Gasteiger partial charge in [0.05, 0.1) is 10.9 Å². The van der Waals surface area contributed by atoms with E-state index in [-0.39, 0.29) is 5.38 Å². The summed E-state index contributed by atoms with van der Waals surface area (Å²) >= 11 is 7.88. The first-order valence-electron chi connectivity index (χ1n) is 4.36. The van der Waals surface area contributed by atoms with Crippen molar-refractivity contribution >= 4 is 22.9 Å². The van der Waals surface area contributed by atoms with Crippen LogP contribution < -0.4 is 0 Å². The van der Waals surface area contributed by atoms with E-state index in [9.17, 15) is 0 Å². The highest BCUT2D eigenvalue weighted by molar-refractivity contribution is 7.10. The molecule has 0 saturated heterocycles. The Hall–Kier alpha value is -0.860. The first-order chi connectivity index (χ1) is 6.77. The SMILES string of the molecule is Cc1ccc(C(Cl)c2cncs2)cc1. The molecule has 0 aliphatic carbocycles. The number of hydrogen-bond donors (Lipinski definition) is 0. The van der Waals surface area contributed by atoms with Gasteiger partial charge in [-0.15, -0.1) is 22.9 Å². The van der Waals surface area contributed by atoms with Crippen molar-refractivity contribution in [1.82, 2.24) is 4.98 Å². The van der Waals surface area contributed by atoms with Crippen LogP contribution in [0.1, 0.15) is 21.4 Å². The summed E-state index contributed by atoms with van der Waals surface area (Å²) in [4.78, 5) is 5.11. The summed E-state index contributed by atoms with van der Waals surface area (Å²) in [5.41, 5.74) is 4.18. The maximum Gasteiger partial charge on any atom is 0.0943 e. The van der Waals surface area contributed by atoms with E-state index in [2.05, 4.69) is 36.2 Å². The maximum absolute atomic E-state index is 6.30. The fourth-order valence-corrected chi connectivity index (χ4v) is 2.23. The predicted octanol–water partition coefficient (Wildman–Crippen LogP) is 3.78. The molecule has 2 rings (SSSR count). The Morgan fingerprint density at radius 3 is 2.57 bits per heavy atom. The van der Waals surface area contributed by atoms with Crippen molar-refractivity contribution in [3.63, 3.8) is 0 Å². The van der Waals surface area contributed by atoms with Crippen LogP contribution >= 0.6 is 22.9 Å². The van der Waals surface area contributed by atoms with Crippen LogP contribution in [-0.4, -0.2) is 4.98 Å². The zero-order valence-corrected chi connectivity index (χ0v) is 9.35. The van der Waals surface area contributed by atoms with Gasteiger partial charge in [-0.3, -0.25) is 4.98 Å². The van der Waals surface area contributed by atoms with Gasteiger partial charge >= 0.3 is 0 Å². The van der Waals surface area contributed by atoms with Crippen LogP contribution in [0.3, 0.4) is 0 Å². The van der Waals surface area contributed by atoms with Crippen molar-refractivity contribution in [2.45, 2.75) is 12.3 Å². The average molecular weight is 224 g/mol. The maximum atomic E-state index is 6.30. The molecule has 0 aliphatic heterocycles. The number of thiazole rings is 1. The van der Waals surface area contributed by atoms with Crippen molar-refractivity contribution in [2.75, 3.05) is 0 Å².